The summed E-state index contributed by atoms with van der Waals surface area (Å²) in [5.41, 5.74) is -1.69. The predicted molar refractivity (Wildman–Crippen MR) is 43.6 cm³/mol. The minimum absolute atomic E-state index is 0.333. The Balaban J connectivity index is 2.59. The van der Waals surface area contributed by atoms with Crippen molar-refractivity contribution in [3.05, 3.63) is 0 Å². The van der Waals surface area contributed by atoms with Crippen LogP contribution in [0.25, 0.3) is 0 Å². The molecular formula is C9H15FO2. The molecule has 0 spiro atoms. The molecule has 0 heterocycles. The molecule has 1 saturated carbocycles. The highest BCUT2D eigenvalue weighted by atomic mass is 19.1. The molecule has 0 N–H and O–H groups in total. The van der Waals surface area contributed by atoms with Gasteiger partial charge in [0, 0.05) is 0 Å². The van der Waals surface area contributed by atoms with Gasteiger partial charge < -0.3 is 4.74 Å². The topological polar surface area (TPSA) is 26.3 Å². The molecule has 12 heavy (non-hydrogen) atoms. The van der Waals surface area contributed by atoms with Gasteiger partial charge in [-0.15, -0.1) is 0 Å². The van der Waals surface area contributed by atoms with Gasteiger partial charge in [0.25, 0.3) is 0 Å². The molecular weight excluding hydrogens is 159 g/mol. The number of carbonyl (C=O) groups is 1. The molecule has 3 heteroatoms. The minimum atomic E-state index is -1.69. The number of hydrogen-bond donors (Lipinski definition) is 0. The van der Waals surface area contributed by atoms with E-state index in [2.05, 4.69) is 4.74 Å². The highest BCUT2D eigenvalue weighted by Gasteiger charge is 2.39. The van der Waals surface area contributed by atoms with E-state index in [9.17, 15) is 9.18 Å². The summed E-state index contributed by atoms with van der Waals surface area (Å²) in [6.45, 7) is 0. The molecule has 1 aliphatic rings. The summed E-state index contributed by atoms with van der Waals surface area (Å²) in [6.07, 6.45) is 4.32. The number of ether oxygens (including phenoxy) is 1. The molecule has 0 bridgehead atoms. The van der Waals surface area contributed by atoms with Crippen LogP contribution in [0.3, 0.4) is 0 Å². The summed E-state index contributed by atoms with van der Waals surface area (Å²) in [6, 6.07) is 0. The van der Waals surface area contributed by atoms with Crippen molar-refractivity contribution in [1.82, 2.24) is 0 Å². The fourth-order valence-electron chi connectivity index (χ4n) is 1.68. The number of alkyl halides is 1. The summed E-state index contributed by atoms with van der Waals surface area (Å²) in [5.74, 6) is -0.690. The van der Waals surface area contributed by atoms with Crippen LogP contribution in [0, 0.1) is 0 Å². The highest BCUT2D eigenvalue weighted by molar-refractivity contribution is 5.79. The molecule has 70 valence electrons. The quantitative estimate of drug-likeness (QED) is 0.450. The summed E-state index contributed by atoms with van der Waals surface area (Å²) < 4.78 is 18.2. The van der Waals surface area contributed by atoms with Crippen molar-refractivity contribution in [3.8, 4) is 0 Å². The molecule has 1 fully saturated rings. The molecule has 0 saturated heterocycles. The van der Waals surface area contributed by atoms with Gasteiger partial charge in [0.15, 0.2) is 0 Å². The molecule has 1 aliphatic carbocycles. The van der Waals surface area contributed by atoms with Crippen LogP contribution in [-0.2, 0) is 9.53 Å². The van der Waals surface area contributed by atoms with E-state index >= 15 is 0 Å². The number of carbonyl (C=O) groups excluding carboxylic acids is 1. The van der Waals surface area contributed by atoms with Gasteiger partial charge in [-0.2, -0.15) is 0 Å². The van der Waals surface area contributed by atoms with E-state index in [0.29, 0.717) is 12.8 Å². The van der Waals surface area contributed by atoms with Crippen LogP contribution >= 0.6 is 0 Å². The molecule has 0 amide bonds. The zero-order chi connectivity index (χ0) is 9.03. The molecule has 2 nitrogen and oxygen atoms in total. The van der Waals surface area contributed by atoms with Crippen molar-refractivity contribution in [2.75, 3.05) is 7.11 Å². The second-order valence-electron chi connectivity index (χ2n) is 3.37. The average molecular weight is 174 g/mol. The number of halogens is 1. The third-order valence-electron chi connectivity index (χ3n) is 2.45. The first-order chi connectivity index (χ1) is 5.69. The standard InChI is InChI=1S/C9H15FO2/c1-12-8(11)9(10)6-4-2-3-5-7-9/h2-7H2,1H3. The number of esters is 1. The Labute approximate surface area is 72.1 Å². The van der Waals surface area contributed by atoms with Crippen LogP contribution in [0.4, 0.5) is 4.39 Å². The Morgan fingerprint density at radius 2 is 1.75 bits per heavy atom. The van der Waals surface area contributed by atoms with E-state index in [1.165, 1.54) is 7.11 Å². The molecule has 0 aromatic heterocycles. The van der Waals surface area contributed by atoms with E-state index in [4.69, 9.17) is 0 Å². The van der Waals surface area contributed by atoms with Crippen LogP contribution < -0.4 is 0 Å². The first-order valence-corrected chi connectivity index (χ1v) is 4.46. The van der Waals surface area contributed by atoms with Gasteiger partial charge in [0.2, 0.25) is 5.67 Å². The summed E-state index contributed by atoms with van der Waals surface area (Å²) >= 11 is 0. The molecule has 0 unspecified atom stereocenters. The van der Waals surface area contributed by atoms with Gasteiger partial charge in [-0.05, 0) is 25.7 Å². The predicted octanol–water partition coefficient (Wildman–Crippen LogP) is 2.22. The van der Waals surface area contributed by atoms with Crippen molar-refractivity contribution >= 4 is 5.97 Å². The van der Waals surface area contributed by atoms with Crippen LogP contribution in [0.15, 0.2) is 0 Å². The van der Waals surface area contributed by atoms with Crippen LogP contribution in [0.5, 0.6) is 0 Å². The minimum Gasteiger partial charge on any atom is -0.467 e. The molecule has 0 atom stereocenters. The smallest absolute Gasteiger partial charge is 0.343 e. The summed E-state index contributed by atoms with van der Waals surface area (Å²) in [7, 11) is 1.24. The Kier molecular flexibility index (Phi) is 3.06. The van der Waals surface area contributed by atoms with Crippen molar-refractivity contribution in [3.63, 3.8) is 0 Å². The molecule has 1 rings (SSSR count). The SMILES string of the molecule is COC(=O)C1(F)CCCCCC1. The van der Waals surface area contributed by atoms with Gasteiger partial charge in [-0.3, -0.25) is 0 Å². The largest absolute Gasteiger partial charge is 0.467 e. The zero-order valence-electron chi connectivity index (χ0n) is 7.44. The maximum atomic E-state index is 13.8. The number of hydrogen-bond acceptors (Lipinski definition) is 2. The fraction of sp³-hybridized carbons (Fsp3) is 0.889. The normalized spacial score (nSPS) is 22.8. The van der Waals surface area contributed by atoms with Crippen molar-refractivity contribution in [1.29, 1.82) is 0 Å². The molecule has 0 radical (unpaired) electrons. The zero-order valence-corrected chi connectivity index (χ0v) is 7.44. The Bertz CT molecular complexity index is 160. The molecule has 0 aromatic rings. The van der Waals surface area contributed by atoms with Gasteiger partial charge >= 0.3 is 5.97 Å². The van der Waals surface area contributed by atoms with Crippen molar-refractivity contribution in [2.45, 2.75) is 44.2 Å². The highest BCUT2D eigenvalue weighted by Crippen LogP contribution is 2.31. The lowest BCUT2D eigenvalue weighted by molar-refractivity contribution is -0.155. The van der Waals surface area contributed by atoms with Crippen LogP contribution in [-0.4, -0.2) is 18.7 Å². The van der Waals surface area contributed by atoms with E-state index in [-0.39, 0.29) is 0 Å². The fourth-order valence-corrected chi connectivity index (χ4v) is 1.68. The second-order valence-corrected chi connectivity index (χ2v) is 3.37. The lowest BCUT2D eigenvalue weighted by Gasteiger charge is -2.19. The lowest BCUT2D eigenvalue weighted by Crippen LogP contribution is -2.34. The third kappa shape index (κ3) is 1.96. The third-order valence-corrected chi connectivity index (χ3v) is 2.45. The second kappa shape index (κ2) is 3.87. The van der Waals surface area contributed by atoms with Gasteiger partial charge in [-0.25, -0.2) is 9.18 Å². The average Bonchev–Trinajstić information content (AvgIpc) is 2.29. The first kappa shape index (κ1) is 9.49. The Morgan fingerprint density at radius 3 is 2.17 bits per heavy atom. The number of rotatable bonds is 1. The van der Waals surface area contributed by atoms with E-state index in [1.54, 1.807) is 0 Å². The van der Waals surface area contributed by atoms with Gasteiger partial charge in [0.1, 0.15) is 0 Å². The molecule has 0 aliphatic heterocycles. The monoisotopic (exact) mass is 174 g/mol. The Morgan fingerprint density at radius 1 is 1.25 bits per heavy atom. The van der Waals surface area contributed by atoms with Crippen LogP contribution in [0.1, 0.15) is 38.5 Å². The van der Waals surface area contributed by atoms with E-state index in [0.717, 1.165) is 25.7 Å². The maximum absolute atomic E-state index is 13.8. The van der Waals surface area contributed by atoms with E-state index in [1.807, 2.05) is 0 Å². The summed E-state index contributed by atoms with van der Waals surface area (Å²) in [4.78, 5) is 11.0. The Hall–Kier alpha value is -0.600. The van der Waals surface area contributed by atoms with Crippen molar-refractivity contribution in [2.24, 2.45) is 0 Å². The van der Waals surface area contributed by atoms with Gasteiger partial charge in [-0.1, -0.05) is 12.8 Å². The van der Waals surface area contributed by atoms with Crippen molar-refractivity contribution < 1.29 is 13.9 Å². The van der Waals surface area contributed by atoms with Crippen LogP contribution in [0.2, 0.25) is 0 Å². The van der Waals surface area contributed by atoms with E-state index < -0.39 is 11.6 Å². The summed E-state index contributed by atoms with van der Waals surface area (Å²) in [5, 5.41) is 0. The number of methoxy groups -OCH3 is 1. The maximum Gasteiger partial charge on any atom is 0.343 e. The first-order valence-electron chi connectivity index (χ1n) is 4.46. The van der Waals surface area contributed by atoms with Gasteiger partial charge in [0.05, 0.1) is 7.11 Å². The molecule has 0 aromatic carbocycles. The lowest BCUT2D eigenvalue weighted by atomic mass is 9.97.